The number of rotatable bonds is 3. The van der Waals surface area contributed by atoms with Crippen molar-refractivity contribution in [2.24, 2.45) is 5.73 Å². The molecule has 0 bridgehead atoms. The van der Waals surface area contributed by atoms with Gasteiger partial charge in [0.2, 0.25) is 0 Å². The van der Waals surface area contributed by atoms with Gasteiger partial charge in [-0.2, -0.15) is 0 Å². The van der Waals surface area contributed by atoms with Crippen LogP contribution in [-0.2, 0) is 0 Å². The number of aryl methyl sites for hydroxylation is 2. The van der Waals surface area contributed by atoms with E-state index in [1.165, 1.54) is 0 Å². The van der Waals surface area contributed by atoms with Crippen LogP contribution in [0.3, 0.4) is 0 Å². The van der Waals surface area contributed by atoms with Crippen LogP contribution in [0.4, 0.5) is 0 Å². The molecule has 1 aromatic rings. The minimum atomic E-state index is -0.382. The predicted molar refractivity (Wildman–Crippen MR) is 73.8 cm³/mol. The fourth-order valence-corrected chi connectivity index (χ4v) is 1.38. The summed E-state index contributed by atoms with van der Waals surface area (Å²) in [7, 11) is 0. The summed E-state index contributed by atoms with van der Waals surface area (Å²) < 4.78 is 0. The second-order valence-corrected chi connectivity index (χ2v) is 4.99. The van der Waals surface area contributed by atoms with Crippen LogP contribution in [0, 0.1) is 13.8 Å². The van der Waals surface area contributed by atoms with Gasteiger partial charge >= 0.3 is 0 Å². The van der Waals surface area contributed by atoms with E-state index in [2.05, 4.69) is 5.32 Å². The van der Waals surface area contributed by atoms with Crippen molar-refractivity contribution in [3.8, 4) is 0 Å². The molecular weight excluding hydrogens is 236 g/mol. The Kier molecular flexibility index (Phi) is 5.66. The summed E-state index contributed by atoms with van der Waals surface area (Å²) >= 11 is 0. The third kappa shape index (κ3) is 5.20. The van der Waals surface area contributed by atoms with Crippen molar-refractivity contribution in [2.75, 3.05) is 6.54 Å². The summed E-state index contributed by atoms with van der Waals surface area (Å²) in [6, 6.07) is 5.85. The Morgan fingerprint density at radius 3 is 2.47 bits per heavy atom. The van der Waals surface area contributed by atoms with Crippen LogP contribution in [0.5, 0.6) is 0 Å². The SMILES string of the molecule is Cc1ccc(C)c(C(=O)NCC(C)(C)N)c1.Cl. The summed E-state index contributed by atoms with van der Waals surface area (Å²) in [5.74, 6) is -0.0558. The van der Waals surface area contributed by atoms with Gasteiger partial charge in [-0.1, -0.05) is 17.7 Å². The molecule has 1 amide bonds. The zero-order valence-electron chi connectivity index (χ0n) is 10.8. The van der Waals surface area contributed by atoms with Crippen LogP contribution in [0.2, 0.25) is 0 Å². The first kappa shape index (κ1) is 15.9. The van der Waals surface area contributed by atoms with Crippen LogP contribution in [0.25, 0.3) is 0 Å². The van der Waals surface area contributed by atoms with Gasteiger partial charge in [-0.25, -0.2) is 0 Å². The van der Waals surface area contributed by atoms with E-state index in [9.17, 15) is 4.79 Å². The Morgan fingerprint density at radius 2 is 1.94 bits per heavy atom. The third-order valence-corrected chi connectivity index (χ3v) is 2.34. The molecule has 3 N–H and O–H groups in total. The smallest absolute Gasteiger partial charge is 0.251 e. The minimum absolute atomic E-state index is 0. The predicted octanol–water partition coefficient (Wildman–Crippen LogP) is 2.19. The standard InChI is InChI=1S/C13H20N2O.ClH/c1-9-5-6-10(2)11(7-9)12(16)15-8-13(3,4)14;/h5-7H,8,14H2,1-4H3,(H,15,16);1H. The normalized spacial score (nSPS) is 10.6. The average Bonchev–Trinajstić information content (AvgIpc) is 2.17. The maximum Gasteiger partial charge on any atom is 0.251 e. The Hall–Kier alpha value is -1.06. The summed E-state index contributed by atoms with van der Waals surface area (Å²) in [4.78, 5) is 11.9. The maximum absolute atomic E-state index is 11.9. The van der Waals surface area contributed by atoms with E-state index >= 15 is 0 Å². The largest absolute Gasteiger partial charge is 0.350 e. The summed E-state index contributed by atoms with van der Waals surface area (Å²) in [5, 5.41) is 2.84. The first-order chi connectivity index (χ1) is 7.29. The van der Waals surface area contributed by atoms with Crippen molar-refractivity contribution in [2.45, 2.75) is 33.2 Å². The molecule has 0 saturated heterocycles. The molecule has 3 nitrogen and oxygen atoms in total. The molecule has 0 unspecified atom stereocenters. The first-order valence-corrected chi connectivity index (χ1v) is 5.44. The van der Waals surface area contributed by atoms with Gasteiger partial charge in [-0.15, -0.1) is 12.4 Å². The lowest BCUT2D eigenvalue weighted by atomic mass is 10.0. The lowest BCUT2D eigenvalue weighted by Crippen LogP contribution is -2.45. The molecule has 0 heterocycles. The molecule has 1 rings (SSSR count). The fraction of sp³-hybridized carbons (Fsp3) is 0.462. The Bertz CT molecular complexity index is 397. The highest BCUT2D eigenvalue weighted by Crippen LogP contribution is 2.10. The second kappa shape index (κ2) is 6.03. The molecule has 0 aromatic heterocycles. The number of amides is 1. The molecule has 1 aromatic carbocycles. The van der Waals surface area contributed by atoms with Gasteiger partial charge in [0.25, 0.3) is 5.91 Å². The van der Waals surface area contributed by atoms with Crippen molar-refractivity contribution >= 4 is 18.3 Å². The fourth-order valence-electron chi connectivity index (χ4n) is 1.38. The highest BCUT2D eigenvalue weighted by molar-refractivity contribution is 5.95. The number of carbonyl (C=O) groups excluding carboxylic acids is 1. The summed E-state index contributed by atoms with van der Waals surface area (Å²) in [6.07, 6.45) is 0. The number of nitrogens with two attached hydrogens (primary N) is 1. The van der Waals surface area contributed by atoms with E-state index in [0.717, 1.165) is 16.7 Å². The third-order valence-electron chi connectivity index (χ3n) is 2.34. The van der Waals surface area contributed by atoms with Crippen molar-refractivity contribution in [1.82, 2.24) is 5.32 Å². The molecule has 0 fully saturated rings. The zero-order valence-corrected chi connectivity index (χ0v) is 11.6. The molecule has 0 spiro atoms. The lowest BCUT2D eigenvalue weighted by molar-refractivity contribution is 0.0945. The number of benzene rings is 1. The Balaban J connectivity index is 0.00000256. The molecular formula is C13H21ClN2O. The Morgan fingerprint density at radius 1 is 1.35 bits per heavy atom. The van der Waals surface area contributed by atoms with Crippen molar-refractivity contribution in [1.29, 1.82) is 0 Å². The molecule has 96 valence electrons. The van der Waals surface area contributed by atoms with Gasteiger partial charge < -0.3 is 11.1 Å². The lowest BCUT2D eigenvalue weighted by Gasteiger charge is -2.19. The van der Waals surface area contributed by atoms with E-state index in [0.29, 0.717) is 6.54 Å². The van der Waals surface area contributed by atoms with Crippen LogP contribution >= 0.6 is 12.4 Å². The first-order valence-electron chi connectivity index (χ1n) is 5.44. The van der Waals surface area contributed by atoms with E-state index in [4.69, 9.17) is 5.73 Å². The van der Waals surface area contributed by atoms with Crippen molar-refractivity contribution < 1.29 is 4.79 Å². The minimum Gasteiger partial charge on any atom is -0.350 e. The van der Waals surface area contributed by atoms with Crippen molar-refractivity contribution in [3.05, 3.63) is 34.9 Å². The molecule has 17 heavy (non-hydrogen) atoms. The van der Waals surface area contributed by atoms with Crippen LogP contribution < -0.4 is 11.1 Å². The number of carbonyl (C=O) groups is 1. The number of nitrogens with one attached hydrogen (secondary N) is 1. The molecule has 0 aliphatic carbocycles. The van der Waals surface area contributed by atoms with Crippen LogP contribution in [0.1, 0.15) is 35.3 Å². The molecule has 0 aliphatic rings. The van der Waals surface area contributed by atoms with E-state index in [1.54, 1.807) is 0 Å². The van der Waals surface area contributed by atoms with E-state index in [1.807, 2.05) is 45.9 Å². The van der Waals surface area contributed by atoms with Gasteiger partial charge in [0, 0.05) is 17.6 Å². The molecule has 0 radical (unpaired) electrons. The van der Waals surface area contributed by atoms with Gasteiger partial charge in [0.1, 0.15) is 0 Å². The summed E-state index contributed by atoms with van der Waals surface area (Å²) in [5.41, 5.74) is 8.23. The van der Waals surface area contributed by atoms with Crippen molar-refractivity contribution in [3.63, 3.8) is 0 Å². The number of hydrogen-bond donors (Lipinski definition) is 2. The molecule has 0 atom stereocenters. The quantitative estimate of drug-likeness (QED) is 0.871. The molecule has 0 saturated carbocycles. The maximum atomic E-state index is 11.9. The van der Waals surface area contributed by atoms with Crippen LogP contribution in [0.15, 0.2) is 18.2 Å². The zero-order chi connectivity index (χ0) is 12.3. The van der Waals surface area contributed by atoms with E-state index < -0.39 is 0 Å². The number of hydrogen-bond acceptors (Lipinski definition) is 2. The highest BCUT2D eigenvalue weighted by atomic mass is 35.5. The van der Waals surface area contributed by atoms with Gasteiger partial charge in [-0.05, 0) is 39.3 Å². The molecule has 0 aliphatic heterocycles. The van der Waals surface area contributed by atoms with Gasteiger partial charge in [0.15, 0.2) is 0 Å². The van der Waals surface area contributed by atoms with Gasteiger partial charge in [-0.3, -0.25) is 4.79 Å². The Labute approximate surface area is 109 Å². The average molecular weight is 257 g/mol. The topological polar surface area (TPSA) is 55.1 Å². The molecule has 4 heteroatoms. The van der Waals surface area contributed by atoms with Gasteiger partial charge in [0.05, 0.1) is 0 Å². The number of halogens is 1. The second-order valence-electron chi connectivity index (χ2n) is 4.99. The van der Waals surface area contributed by atoms with E-state index in [-0.39, 0.29) is 23.9 Å². The van der Waals surface area contributed by atoms with Crippen LogP contribution in [-0.4, -0.2) is 18.0 Å². The summed E-state index contributed by atoms with van der Waals surface area (Å²) in [6.45, 7) is 8.15. The highest BCUT2D eigenvalue weighted by Gasteiger charge is 2.14. The monoisotopic (exact) mass is 256 g/mol.